The Balaban J connectivity index is 1.52. The first-order chi connectivity index (χ1) is 10.7. The fraction of sp³-hybridized carbons (Fsp3) is 0.625. The number of ether oxygens (including phenoxy) is 1. The summed E-state index contributed by atoms with van der Waals surface area (Å²) in [4.78, 5) is 19.0. The van der Waals surface area contributed by atoms with E-state index in [-0.39, 0.29) is 11.8 Å². The van der Waals surface area contributed by atoms with Crippen molar-refractivity contribution in [2.24, 2.45) is 5.92 Å². The lowest BCUT2D eigenvalue weighted by atomic mass is 9.96. The molecule has 2 aliphatic heterocycles. The lowest BCUT2D eigenvalue weighted by molar-refractivity contribution is -0.121. The van der Waals surface area contributed by atoms with Crippen LogP contribution in [0.2, 0.25) is 0 Å². The molecule has 0 spiro atoms. The molecule has 1 aromatic heterocycles. The van der Waals surface area contributed by atoms with E-state index in [1.165, 1.54) is 0 Å². The average molecular weight is 368 g/mol. The Morgan fingerprint density at radius 1 is 1.41 bits per heavy atom. The van der Waals surface area contributed by atoms with Crippen LogP contribution in [0.15, 0.2) is 22.8 Å². The van der Waals surface area contributed by atoms with Crippen LogP contribution in [0.4, 0.5) is 5.82 Å². The van der Waals surface area contributed by atoms with E-state index < -0.39 is 0 Å². The zero-order valence-corrected chi connectivity index (χ0v) is 14.2. The van der Waals surface area contributed by atoms with Gasteiger partial charge in [0.25, 0.3) is 0 Å². The Morgan fingerprint density at radius 3 is 3.05 bits per heavy atom. The van der Waals surface area contributed by atoms with E-state index in [1.807, 2.05) is 12.1 Å². The van der Waals surface area contributed by atoms with Crippen molar-refractivity contribution in [3.63, 3.8) is 0 Å². The maximum absolute atomic E-state index is 12.4. The van der Waals surface area contributed by atoms with Crippen LogP contribution in [0.5, 0.6) is 0 Å². The Bertz CT molecular complexity index is 503. The second-order valence-electron chi connectivity index (χ2n) is 6.08. The van der Waals surface area contributed by atoms with Gasteiger partial charge in [-0.2, -0.15) is 0 Å². The van der Waals surface area contributed by atoms with Gasteiger partial charge in [0.1, 0.15) is 5.82 Å². The first kappa shape index (κ1) is 15.9. The van der Waals surface area contributed by atoms with Crippen molar-refractivity contribution in [2.75, 3.05) is 31.6 Å². The first-order valence-corrected chi connectivity index (χ1v) is 8.76. The predicted molar refractivity (Wildman–Crippen MR) is 88.7 cm³/mol. The van der Waals surface area contributed by atoms with Crippen LogP contribution >= 0.6 is 15.9 Å². The molecule has 0 radical (unpaired) electrons. The number of aromatic nitrogens is 1. The van der Waals surface area contributed by atoms with E-state index in [4.69, 9.17) is 4.74 Å². The molecule has 2 atom stereocenters. The topological polar surface area (TPSA) is 54.5 Å². The van der Waals surface area contributed by atoms with Crippen LogP contribution in [-0.2, 0) is 9.53 Å². The Labute approximate surface area is 139 Å². The number of amides is 1. The van der Waals surface area contributed by atoms with Crippen molar-refractivity contribution >= 4 is 27.7 Å². The molecule has 3 rings (SSSR count). The van der Waals surface area contributed by atoms with Gasteiger partial charge in [-0.05, 0) is 60.3 Å². The number of anilines is 1. The van der Waals surface area contributed by atoms with E-state index in [2.05, 4.69) is 31.1 Å². The molecule has 120 valence electrons. The maximum atomic E-state index is 12.4. The summed E-state index contributed by atoms with van der Waals surface area (Å²) in [6, 6.07) is 3.70. The smallest absolute Gasteiger partial charge is 0.229 e. The molecule has 0 unspecified atom stereocenters. The number of rotatable bonds is 4. The summed E-state index contributed by atoms with van der Waals surface area (Å²) in [5.41, 5.74) is 0. The van der Waals surface area contributed by atoms with Gasteiger partial charge >= 0.3 is 0 Å². The number of piperidine rings is 1. The quantitative estimate of drug-likeness (QED) is 0.888. The molecule has 0 saturated carbocycles. The number of nitrogens with zero attached hydrogens (tertiary/aromatic N) is 2. The van der Waals surface area contributed by atoms with E-state index in [9.17, 15) is 4.79 Å². The first-order valence-electron chi connectivity index (χ1n) is 7.97. The molecule has 2 aliphatic rings. The van der Waals surface area contributed by atoms with Crippen molar-refractivity contribution in [1.29, 1.82) is 0 Å². The SMILES string of the molecule is O=C(Nc1ccc(Br)cn1)[C@@H]1CCCN(C[C@H]2CCCO2)C1. The lowest BCUT2D eigenvalue weighted by Crippen LogP contribution is -2.43. The van der Waals surface area contributed by atoms with Crippen molar-refractivity contribution in [1.82, 2.24) is 9.88 Å². The van der Waals surface area contributed by atoms with Crippen LogP contribution in [0.3, 0.4) is 0 Å². The standard InChI is InChI=1S/C16H22BrN3O2/c17-13-5-6-15(18-9-13)19-16(21)12-3-1-7-20(10-12)11-14-4-2-8-22-14/h5-6,9,12,14H,1-4,7-8,10-11H2,(H,18,19,21)/t12-,14-/m1/s1. The number of hydrogen-bond donors (Lipinski definition) is 1. The highest BCUT2D eigenvalue weighted by atomic mass is 79.9. The van der Waals surface area contributed by atoms with Gasteiger partial charge in [-0.3, -0.25) is 9.69 Å². The van der Waals surface area contributed by atoms with Crippen molar-refractivity contribution in [2.45, 2.75) is 31.8 Å². The number of halogens is 1. The van der Waals surface area contributed by atoms with Gasteiger partial charge < -0.3 is 10.1 Å². The van der Waals surface area contributed by atoms with Crippen LogP contribution < -0.4 is 5.32 Å². The Hall–Kier alpha value is -0.980. The molecule has 1 amide bonds. The van der Waals surface area contributed by atoms with Crippen LogP contribution in [0, 0.1) is 5.92 Å². The maximum Gasteiger partial charge on any atom is 0.229 e. The zero-order chi connectivity index (χ0) is 15.4. The molecule has 6 heteroatoms. The molecule has 1 aromatic rings. The predicted octanol–water partition coefficient (Wildman–Crippen LogP) is 2.67. The van der Waals surface area contributed by atoms with Gasteiger partial charge in [0.05, 0.1) is 12.0 Å². The number of pyridine rings is 1. The molecular weight excluding hydrogens is 346 g/mol. The molecule has 0 aliphatic carbocycles. The molecule has 0 aromatic carbocycles. The number of nitrogens with one attached hydrogen (secondary N) is 1. The molecule has 0 bridgehead atoms. The fourth-order valence-electron chi connectivity index (χ4n) is 3.19. The number of carbonyl (C=O) groups is 1. The highest BCUT2D eigenvalue weighted by Crippen LogP contribution is 2.21. The summed E-state index contributed by atoms with van der Waals surface area (Å²) in [6.07, 6.45) is 6.38. The molecule has 22 heavy (non-hydrogen) atoms. The highest BCUT2D eigenvalue weighted by Gasteiger charge is 2.28. The molecule has 5 nitrogen and oxygen atoms in total. The summed E-state index contributed by atoms with van der Waals surface area (Å²) in [5, 5.41) is 2.92. The summed E-state index contributed by atoms with van der Waals surface area (Å²) < 4.78 is 6.61. The zero-order valence-electron chi connectivity index (χ0n) is 12.6. The van der Waals surface area contributed by atoms with Crippen LogP contribution in [0.25, 0.3) is 0 Å². The highest BCUT2D eigenvalue weighted by molar-refractivity contribution is 9.10. The van der Waals surface area contributed by atoms with E-state index >= 15 is 0 Å². The molecule has 2 saturated heterocycles. The van der Waals surface area contributed by atoms with Gasteiger partial charge in [-0.1, -0.05) is 0 Å². The third-order valence-electron chi connectivity index (χ3n) is 4.34. The summed E-state index contributed by atoms with van der Waals surface area (Å²) in [5.74, 6) is 0.733. The minimum Gasteiger partial charge on any atom is -0.377 e. The van der Waals surface area contributed by atoms with E-state index in [0.717, 1.165) is 56.4 Å². The lowest BCUT2D eigenvalue weighted by Gasteiger charge is -2.33. The number of carbonyl (C=O) groups excluding carboxylic acids is 1. The summed E-state index contributed by atoms with van der Waals surface area (Å²) in [6.45, 7) is 3.74. The number of likely N-dealkylation sites (tertiary alicyclic amines) is 1. The van der Waals surface area contributed by atoms with Gasteiger partial charge in [0.15, 0.2) is 0 Å². The van der Waals surface area contributed by atoms with E-state index in [1.54, 1.807) is 6.20 Å². The summed E-state index contributed by atoms with van der Waals surface area (Å²) in [7, 11) is 0. The Morgan fingerprint density at radius 2 is 2.32 bits per heavy atom. The van der Waals surface area contributed by atoms with Gasteiger partial charge in [0.2, 0.25) is 5.91 Å². The molecule has 1 N–H and O–H groups in total. The third kappa shape index (κ3) is 4.27. The largest absolute Gasteiger partial charge is 0.377 e. The molecule has 2 fully saturated rings. The van der Waals surface area contributed by atoms with Gasteiger partial charge in [-0.25, -0.2) is 4.98 Å². The molecular formula is C16H22BrN3O2. The average Bonchev–Trinajstić information content (AvgIpc) is 3.03. The monoisotopic (exact) mass is 367 g/mol. The van der Waals surface area contributed by atoms with Crippen molar-refractivity contribution in [3.05, 3.63) is 22.8 Å². The normalized spacial score (nSPS) is 26.0. The van der Waals surface area contributed by atoms with Crippen molar-refractivity contribution < 1.29 is 9.53 Å². The minimum atomic E-state index is 0.0422. The van der Waals surface area contributed by atoms with Gasteiger partial charge in [0, 0.05) is 30.4 Å². The summed E-state index contributed by atoms with van der Waals surface area (Å²) >= 11 is 3.34. The third-order valence-corrected chi connectivity index (χ3v) is 4.81. The van der Waals surface area contributed by atoms with Crippen molar-refractivity contribution in [3.8, 4) is 0 Å². The van der Waals surface area contributed by atoms with Crippen LogP contribution in [-0.4, -0.2) is 48.1 Å². The number of hydrogen-bond acceptors (Lipinski definition) is 4. The van der Waals surface area contributed by atoms with Crippen LogP contribution in [0.1, 0.15) is 25.7 Å². The second kappa shape index (κ2) is 7.53. The minimum absolute atomic E-state index is 0.0422. The Kier molecular flexibility index (Phi) is 5.44. The van der Waals surface area contributed by atoms with E-state index in [0.29, 0.717) is 11.9 Å². The molecule has 3 heterocycles. The van der Waals surface area contributed by atoms with Gasteiger partial charge in [-0.15, -0.1) is 0 Å². The fourth-order valence-corrected chi connectivity index (χ4v) is 3.42. The second-order valence-corrected chi connectivity index (χ2v) is 7.00.